The Balaban J connectivity index is 0.000000147. The molecule has 2 aromatic carbocycles. The van der Waals surface area contributed by atoms with E-state index in [1.165, 1.54) is 41.0 Å². The van der Waals surface area contributed by atoms with Crippen LogP contribution >= 0.6 is 0 Å². The molecule has 15 rings (SSSR count). The molecule has 4 aromatic heterocycles. The smallest absolute Gasteiger partial charge is 0.325 e. The van der Waals surface area contributed by atoms with Crippen LogP contribution in [-0.2, 0) is 81.3 Å². The first-order valence-electron chi connectivity index (χ1n) is 41.6. The minimum Gasteiger partial charge on any atom is -0.480 e. The number of carbonyl (C=O) groups is 3. The second-order valence-corrected chi connectivity index (χ2v) is 31.3. The summed E-state index contributed by atoms with van der Waals surface area (Å²) >= 11 is 0. The lowest BCUT2D eigenvalue weighted by atomic mass is 9.92. The zero-order valence-electron chi connectivity index (χ0n) is 64.8. The van der Waals surface area contributed by atoms with Crippen molar-refractivity contribution in [3.05, 3.63) is 170 Å². The maximum absolute atomic E-state index is 14.1. The molecule has 0 radical (unpaired) electrons. The van der Waals surface area contributed by atoms with Crippen LogP contribution < -0.4 is 16.0 Å². The van der Waals surface area contributed by atoms with Gasteiger partial charge in [0.05, 0.1) is 42.3 Å². The molecule has 23 nitrogen and oxygen atoms in total. The molecular weight excluding hydrogens is 1430 g/mol. The van der Waals surface area contributed by atoms with Crippen LogP contribution in [0.15, 0.2) is 84.9 Å². The molecule has 0 amide bonds. The van der Waals surface area contributed by atoms with Crippen LogP contribution in [0.25, 0.3) is 0 Å². The number of aromatic nitrogens is 4. The molecule has 6 saturated heterocycles. The van der Waals surface area contributed by atoms with Crippen molar-refractivity contribution < 1.29 is 66.9 Å². The highest BCUT2D eigenvalue weighted by molar-refractivity contribution is 5.78. The van der Waals surface area contributed by atoms with E-state index in [4.69, 9.17) is 43.4 Å². The third-order valence-corrected chi connectivity index (χ3v) is 23.3. The Bertz CT molecular complexity index is 3970. The second kappa shape index (κ2) is 41.2. The average Bonchev–Trinajstić information content (AvgIpc) is 1.23. The van der Waals surface area contributed by atoms with Gasteiger partial charge in [0, 0.05) is 121 Å². The van der Waals surface area contributed by atoms with Gasteiger partial charge >= 0.3 is 17.9 Å². The van der Waals surface area contributed by atoms with Crippen molar-refractivity contribution in [3.63, 3.8) is 0 Å². The van der Waals surface area contributed by atoms with Crippen molar-refractivity contribution in [3.8, 4) is 6.07 Å². The van der Waals surface area contributed by atoms with E-state index in [1.807, 2.05) is 14.7 Å². The third-order valence-electron chi connectivity index (χ3n) is 23.3. The van der Waals surface area contributed by atoms with Gasteiger partial charge in [0.2, 0.25) is 0 Å². The fourth-order valence-electron chi connectivity index (χ4n) is 17.4. The summed E-state index contributed by atoms with van der Waals surface area (Å²) in [5.41, 5.74) is 11.4. The maximum atomic E-state index is 14.1. The van der Waals surface area contributed by atoms with E-state index in [0.29, 0.717) is 112 Å². The summed E-state index contributed by atoms with van der Waals surface area (Å²) in [4.78, 5) is 62.0. The number of hydrogen-bond donors (Lipinski definition) is 6. The molecule has 0 spiro atoms. The van der Waals surface area contributed by atoms with Gasteiger partial charge in [0.25, 0.3) is 0 Å². The van der Waals surface area contributed by atoms with Crippen molar-refractivity contribution in [2.45, 2.75) is 228 Å². The second-order valence-electron chi connectivity index (χ2n) is 31.3. The summed E-state index contributed by atoms with van der Waals surface area (Å²) in [5, 5.41) is 50.1. The molecule has 9 atom stereocenters. The van der Waals surface area contributed by atoms with E-state index in [-0.39, 0.29) is 54.0 Å². The van der Waals surface area contributed by atoms with E-state index in [9.17, 15) is 43.7 Å². The zero-order chi connectivity index (χ0) is 77.6. The van der Waals surface area contributed by atoms with Crippen LogP contribution in [0, 0.1) is 23.0 Å². The number of aliphatic carboxylic acids is 3. The van der Waals surface area contributed by atoms with Gasteiger partial charge in [-0.15, -0.1) is 0 Å². The summed E-state index contributed by atoms with van der Waals surface area (Å²) in [6, 6.07) is 24.8. The van der Waals surface area contributed by atoms with E-state index in [0.717, 1.165) is 228 Å². The number of carboxylic acids is 3. The van der Waals surface area contributed by atoms with Gasteiger partial charge in [-0.2, -0.15) is 5.26 Å². The number of nitrogens with one attached hydrogen (secondary N) is 3. The lowest BCUT2D eigenvalue weighted by Gasteiger charge is -2.30. The van der Waals surface area contributed by atoms with Crippen LogP contribution in [0.3, 0.4) is 0 Å². The fraction of sp³-hybridized carbons (Fsp3) is 0.586. The molecule has 6 N–H and O–H groups in total. The average molecular weight is 1540 g/mol. The molecular formula is C87H113F2N11O12. The lowest BCUT2D eigenvalue weighted by molar-refractivity contribution is -0.144. The normalized spacial score (nSPS) is 22.7. The molecule has 3 unspecified atom stereocenters. The van der Waals surface area contributed by atoms with Gasteiger partial charge in [-0.1, -0.05) is 36.4 Å². The van der Waals surface area contributed by atoms with Gasteiger partial charge in [0.15, 0.2) is 0 Å². The van der Waals surface area contributed by atoms with E-state index < -0.39 is 36.0 Å². The number of halogens is 2. The third kappa shape index (κ3) is 22.2. The molecule has 602 valence electrons. The summed E-state index contributed by atoms with van der Waals surface area (Å²) in [7, 11) is 0. The Morgan fingerprint density at radius 3 is 1.18 bits per heavy atom. The van der Waals surface area contributed by atoms with Crippen molar-refractivity contribution in [1.82, 2.24) is 34.6 Å². The number of unbranched alkanes of at least 4 members (excludes halogenated alkanes) is 3. The van der Waals surface area contributed by atoms with Crippen molar-refractivity contribution in [2.24, 2.45) is 0 Å². The van der Waals surface area contributed by atoms with Crippen molar-refractivity contribution >= 4 is 35.4 Å². The molecule has 13 heterocycles. The SMILES string of the molecule is N#Cc1ccc([C@H](C(=O)O)N2CC[C@@H](OCCCCc3ccc4c(n3)NCCC4)C2)c(C2CCCCO2)n1.O=C(O)[C@@H](c1ccc(F)cc1C1CCCCO1)N1CC[C@@H](OCCCCc2ccc3c(n2)NCCC3)C1.O=C(O)[C@H](c1ccc(F)cc1C1CCCCO1)N1CC[C@@H](OCCCCc2ccc3c(n2)NCCC3)C1. The Hall–Kier alpha value is -8.16. The number of aryl methyl sites for hydroxylation is 6. The number of hydrogen-bond acceptors (Lipinski definition) is 20. The Morgan fingerprint density at radius 2 is 0.821 bits per heavy atom. The maximum Gasteiger partial charge on any atom is 0.325 e. The molecule has 112 heavy (non-hydrogen) atoms. The van der Waals surface area contributed by atoms with Gasteiger partial charge in [-0.05, 0) is 261 Å². The topological polar surface area (TPSA) is 288 Å². The summed E-state index contributed by atoms with van der Waals surface area (Å²) < 4.78 is 64.5. The summed E-state index contributed by atoms with van der Waals surface area (Å²) in [6.45, 7) is 10.4. The number of pyridine rings is 4. The molecule has 25 heteroatoms. The first-order valence-corrected chi connectivity index (χ1v) is 41.6. The Kier molecular flexibility index (Phi) is 30.1. The number of nitriles is 1. The number of fused-ring (bicyclic) bond motifs is 3. The van der Waals surface area contributed by atoms with Crippen LogP contribution in [-0.4, -0.2) is 185 Å². The number of anilines is 3. The number of likely N-dealkylation sites (tertiary alicyclic amines) is 3. The predicted molar refractivity (Wildman–Crippen MR) is 420 cm³/mol. The van der Waals surface area contributed by atoms with Crippen LogP contribution in [0.5, 0.6) is 0 Å². The highest BCUT2D eigenvalue weighted by atomic mass is 19.1. The number of benzene rings is 2. The number of ether oxygens (including phenoxy) is 6. The quantitative estimate of drug-likeness (QED) is 0.0228. The van der Waals surface area contributed by atoms with Gasteiger partial charge in [-0.3, -0.25) is 29.1 Å². The highest BCUT2D eigenvalue weighted by Gasteiger charge is 2.41. The van der Waals surface area contributed by atoms with E-state index >= 15 is 0 Å². The zero-order valence-corrected chi connectivity index (χ0v) is 64.8. The lowest BCUT2D eigenvalue weighted by Crippen LogP contribution is -2.35. The Labute approximate surface area is 657 Å². The molecule has 6 aromatic rings. The summed E-state index contributed by atoms with van der Waals surface area (Å²) in [6.07, 6.45) is 25.3. The number of carboxylic acid groups (broad SMARTS) is 3. The molecule has 6 fully saturated rings. The molecule has 0 aliphatic carbocycles. The molecule has 9 aliphatic rings. The van der Waals surface area contributed by atoms with Crippen LogP contribution in [0.4, 0.5) is 26.2 Å². The van der Waals surface area contributed by atoms with Gasteiger partial charge in [0.1, 0.15) is 59.0 Å². The minimum atomic E-state index is -0.920. The van der Waals surface area contributed by atoms with Crippen LogP contribution in [0.1, 0.15) is 244 Å². The first kappa shape index (κ1) is 81.8. The van der Waals surface area contributed by atoms with E-state index in [1.54, 1.807) is 24.3 Å². The predicted octanol–water partition coefficient (Wildman–Crippen LogP) is 14.3. The standard InChI is InChI=1S/2C29H38FN3O4.C29H37N5O4/c2*30-21-10-12-24(25(18-21)26-8-2-4-17-37-26)27(29(34)35)33-15-13-23(19-33)36-16-3-1-7-22-11-9-20-6-5-14-31-28(20)32-22;30-18-22-11-12-24(26(32-22)25-8-2-4-17-38-25)27(29(35)36)34-15-13-23(19-34)37-16-3-1-7-21-10-9-20-6-5-14-31-28(20)33-21/h2*9-12,18,23,26-27H,1-8,13-17,19H2,(H,31,32)(H,34,35);9-12,23,25,27H,1-8,13-17,19H2,(H,31,33)(H,35,36)/t23-,26?,27+;23-,26?,27-;23-,25?,27-/m111/s1. The summed E-state index contributed by atoms with van der Waals surface area (Å²) in [5.74, 6) is -0.353. The van der Waals surface area contributed by atoms with Crippen molar-refractivity contribution in [2.75, 3.05) is 114 Å². The monoisotopic (exact) mass is 1540 g/mol. The molecule has 0 saturated carbocycles. The fourth-order valence-corrected chi connectivity index (χ4v) is 17.4. The van der Waals surface area contributed by atoms with Gasteiger partial charge in [-0.25, -0.2) is 28.7 Å². The van der Waals surface area contributed by atoms with Gasteiger partial charge < -0.3 is 59.7 Å². The first-order chi connectivity index (χ1) is 54.8. The number of rotatable bonds is 30. The van der Waals surface area contributed by atoms with Crippen LogP contribution in [0.2, 0.25) is 0 Å². The molecule has 0 bridgehead atoms. The highest BCUT2D eigenvalue weighted by Crippen LogP contribution is 2.41. The largest absolute Gasteiger partial charge is 0.480 e. The Morgan fingerprint density at radius 1 is 0.455 bits per heavy atom. The van der Waals surface area contributed by atoms with E-state index in [2.05, 4.69) is 63.4 Å². The minimum absolute atomic E-state index is 0.00254. The number of nitrogens with zero attached hydrogens (tertiary/aromatic N) is 8. The van der Waals surface area contributed by atoms with Crippen molar-refractivity contribution in [1.29, 1.82) is 5.26 Å². The molecule has 9 aliphatic heterocycles.